The minimum absolute atomic E-state index is 0.243. The summed E-state index contributed by atoms with van der Waals surface area (Å²) < 4.78 is 63.6. The first kappa shape index (κ1) is 18.4. The van der Waals surface area contributed by atoms with Gasteiger partial charge in [0.25, 0.3) is 0 Å². The molecule has 0 radical (unpaired) electrons. The van der Waals surface area contributed by atoms with Gasteiger partial charge in [-0.15, -0.1) is 0 Å². The average molecular weight is 339 g/mol. The Bertz CT molecular complexity index is 668. The number of carboxylic acids is 1. The van der Waals surface area contributed by atoms with Gasteiger partial charge in [0, 0.05) is 6.04 Å². The molecule has 0 heterocycles. The molecule has 1 aromatic carbocycles. The number of alkyl halides is 3. The van der Waals surface area contributed by atoms with Crippen LogP contribution in [0.2, 0.25) is 0 Å². The number of carboxylic acid groups (broad SMARTS) is 1. The zero-order valence-electron chi connectivity index (χ0n) is 12.2. The zero-order valence-corrected chi connectivity index (χ0v) is 13.0. The standard InChI is InChI=1S/C13H16F3NO4S/c1-8(2)17(7-12(18)19)22(20,21)10-4-5-11(9(3)6-10)13(14,15)16/h4-6,8H,7H2,1-3H3,(H,18,19). The number of benzene rings is 1. The number of halogens is 3. The molecule has 0 aromatic heterocycles. The predicted molar refractivity (Wildman–Crippen MR) is 72.8 cm³/mol. The summed E-state index contributed by atoms with van der Waals surface area (Å²) in [6.45, 7) is 3.35. The summed E-state index contributed by atoms with van der Waals surface area (Å²) in [5.41, 5.74) is -1.17. The Labute approximate surface area is 126 Å². The summed E-state index contributed by atoms with van der Waals surface area (Å²) in [7, 11) is -4.19. The van der Waals surface area contributed by atoms with E-state index < -0.39 is 40.3 Å². The van der Waals surface area contributed by atoms with Gasteiger partial charge in [-0.05, 0) is 44.5 Å². The Hall–Kier alpha value is -1.61. The average Bonchev–Trinajstić information content (AvgIpc) is 2.33. The Morgan fingerprint density at radius 1 is 1.32 bits per heavy atom. The van der Waals surface area contributed by atoms with Crippen LogP contribution in [0, 0.1) is 6.92 Å². The SMILES string of the molecule is Cc1cc(S(=O)(=O)N(CC(=O)O)C(C)C)ccc1C(F)(F)F. The van der Waals surface area contributed by atoms with Gasteiger partial charge < -0.3 is 5.11 Å². The first-order chi connectivity index (χ1) is 9.87. The van der Waals surface area contributed by atoms with Crippen LogP contribution < -0.4 is 0 Å². The molecule has 0 amide bonds. The van der Waals surface area contributed by atoms with Crippen molar-refractivity contribution in [3.63, 3.8) is 0 Å². The molecule has 0 saturated heterocycles. The maximum Gasteiger partial charge on any atom is 0.416 e. The molecule has 0 bridgehead atoms. The quantitative estimate of drug-likeness (QED) is 0.894. The lowest BCUT2D eigenvalue weighted by Crippen LogP contribution is -2.40. The van der Waals surface area contributed by atoms with Crippen molar-refractivity contribution in [1.82, 2.24) is 4.31 Å². The zero-order chi connectivity index (χ0) is 17.3. The number of hydrogen-bond donors (Lipinski definition) is 1. The number of rotatable bonds is 5. The third-order valence-electron chi connectivity index (χ3n) is 2.98. The topological polar surface area (TPSA) is 74.7 Å². The second kappa shape index (κ2) is 6.25. The van der Waals surface area contributed by atoms with Crippen LogP contribution in [-0.4, -0.2) is 36.4 Å². The van der Waals surface area contributed by atoms with Gasteiger partial charge in [0.15, 0.2) is 0 Å². The Morgan fingerprint density at radius 2 is 1.86 bits per heavy atom. The normalized spacial score (nSPS) is 12.9. The summed E-state index contributed by atoms with van der Waals surface area (Å²) in [5, 5.41) is 8.79. The Morgan fingerprint density at radius 3 is 2.23 bits per heavy atom. The van der Waals surface area contributed by atoms with Gasteiger partial charge in [-0.3, -0.25) is 4.79 Å². The molecule has 0 atom stereocenters. The number of sulfonamides is 1. The highest BCUT2D eigenvalue weighted by Gasteiger charge is 2.34. The molecule has 0 saturated carbocycles. The third kappa shape index (κ3) is 3.98. The fraction of sp³-hybridized carbons (Fsp3) is 0.462. The lowest BCUT2D eigenvalue weighted by molar-refractivity contribution is -0.138. The van der Waals surface area contributed by atoms with Crippen LogP contribution in [0.15, 0.2) is 23.1 Å². The smallest absolute Gasteiger partial charge is 0.416 e. The van der Waals surface area contributed by atoms with Crippen molar-refractivity contribution in [2.24, 2.45) is 0 Å². The van der Waals surface area contributed by atoms with Crippen molar-refractivity contribution in [2.75, 3.05) is 6.54 Å². The third-order valence-corrected chi connectivity index (χ3v) is 4.99. The molecule has 0 unspecified atom stereocenters. The van der Waals surface area contributed by atoms with E-state index in [1.54, 1.807) is 0 Å². The molecule has 0 aliphatic carbocycles. The van der Waals surface area contributed by atoms with Crippen molar-refractivity contribution < 1.29 is 31.5 Å². The number of aliphatic carboxylic acids is 1. The van der Waals surface area contributed by atoms with Crippen molar-refractivity contribution >= 4 is 16.0 Å². The first-order valence-electron chi connectivity index (χ1n) is 6.29. The lowest BCUT2D eigenvalue weighted by Gasteiger charge is -2.24. The van der Waals surface area contributed by atoms with Crippen LogP contribution in [0.1, 0.15) is 25.0 Å². The number of carbonyl (C=O) groups is 1. The van der Waals surface area contributed by atoms with Crippen LogP contribution in [0.25, 0.3) is 0 Å². The number of aryl methyl sites for hydroxylation is 1. The highest BCUT2D eigenvalue weighted by molar-refractivity contribution is 7.89. The van der Waals surface area contributed by atoms with E-state index >= 15 is 0 Å². The Balaban J connectivity index is 3.34. The summed E-state index contributed by atoms with van der Waals surface area (Å²) in [6.07, 6.45) is -4.58. The van der Waals surface area contributed by atoms with E-state index in [2.05, 4.69) is 0 Å². The van der Waals surface area contributed by atoms with Gasteiger partial charge in [-0.1, -0.05) is 0 Å². The van der Waals surface area contributed by atoms with Crippen LogP contribution in [0.4, 0.5) is 13.2 Å². The van der Waals surface area contributed by atoms with Crippen molar-refractivity contribution in [1.29, 1.82) is 0 Å². The molecule has 0 fully saturated rings. The summed E-state index contributed by atoms with van der Waals surface area (Å²) >= 11 is 0. The summed E-state index contributed by atoms with van der Waals surface area (Å²) in [4.78, 5) is 10.4. The van der Waals surface area contributed by atoms with Gasteiger partial charge in [0.2, 0.25) is 10.0 Å². The molecule has 1 rings (SSSR count). The molecule has 0 spiro atoms. The van der Waals surface area contributed by atoms with Crippen LogP contribution in [-0.2, 0) is 21.0 Å². The maximum absolute atomic E-state index is 12.7. The molecule has 9 heteroatoms. The minimum atomic E-state index is -4.58. The van der Waals surface area contributed by atoms with E-state index in [1.165, 1.54) is 13.8 Å². The fourth-order valence-electron chi connectivity index (χ4n) is 1.93. The maximum atomic E-state index is 12.7. The van der Waals surface area contributed by atoms with E-state index in [0.29, 0.717) is 6.07 Å². The minimum Gasteiger partial charge on any atom is -0.480 e. The van der Waals surface area contributed by atoms with E-state index in [0.717, 1.165) is 23.4 Å². The van der Waals surface area contributed by atoms with Gasteiger partial charge in [-0.25, -0.2) is 8.42 Å². The molecule has 22 heavy (non-hydrogen) atoms. The van der Waals surface area contributed by atoms with Gasteiger partial charge in [-0.2, -0.15) is 17.5 Å². The van der Waals surface area contributed by atoms with E-state index in [9.17, 15) is 26.4 Å². The number of nitrogens with zero attached hydrogens (tertiary/aromatic N) is 1. The second-order valence-corrected chi connectivity index (χ2v) is 6.90. The first-order valence-corrected chi connectivity index (χ1v) is 7.73. The molecule has 1 N–H and O–H groups in total. The van der Waals surface area contributed by atoms with Crippen LogP contribution in [0.5, 0.6) is 0 Å². The van der Waals surface area contributed by atoms with Crippen molar-refractivity contribution in [2.45, 2.75) is 37.9 Å². The summed E-state index contributed by atoms with van der Waals surface area (Å²) in [5.74, 6) is -1.35. The van der Waals surface area contributed by atoms with E-state index in [4.69, 9.17) is 5.11 Å². The fourth-order valence-corrected chi connectivity index (χ4v) is 3.60. The van der Waals surface area contributed by atoms with Crippen molar-refractivity contribution in [3.05, 3.63) is 29.3 Å². The molecule has 5 nitrogen and oxygen atoms in total. The van der Waals surface area contributed by atoms with E-state index in [1.807, 2.05) is 0 Å². The van der Waals surface area contributed by atoms with Gasteiger partial charge in [0.05, 0.1) is 10.5 Å². The molecule has 1 aromatic rings. The molecule has 124 valence electrons. The van der Waals surface area contributed by atoms with Gasteiger partial charge >= 0.3 is 12.1 Å². The molecule has 0 aliphatic rings. The molecule has 0 aliphatic heterocycles. The second-order valence-electron chi connectivity index (χ2n) is 5.01. The van der Waals surface area contributed by atoms with Crippen molar-refractivity contribution in [3.8, 4) is 0 Å². The predicted octanol–water partition coefficient (Wildman–Crippen LogP) is 2.50. The van der Waals surface area contributed by atoms with Crippen LogP contribution >= 0.6 is 0 Å². The summed E-state index contributed by atoms with van der Waals surface area (Å²) in [6, 6.07) is 1.77. The highest BCUT2D eigenvalue weighted by atomic mass is 32.2. The molecular formula is C13H16F3NO4S. The van der Waals surface area contributed by atoms with Gasteiger partial charge in [0.1, 0.15) is 6.54 Å². The monoisotopic (exact) mass is 339 g/mol. The largest absolute Gasteiger partial charge is 0.480 e. The Kier molecular flexibility index (Phi) is 5.24. The van der Waals surface area contributed by atoms with Crippen LogP contribution in [0.3, 0.4) is 0 Å². The molecular weight excluding hydrogens is 323 g/mol. The highest BCUT2D eigenvalue weighted by Crippen LogP contribution is 2.33. The lowest BCUT2D eigenvalue weighted by atomic mass is 10.1. The van der Waals surface area contributed by atoms with E-state index in [-0.39, 0.29) is 10.5 Å². The number of hydrogen-bond acceptors (Lipinski definition) is 3.